The van der Waals surface area contributed by atoms with Crippen molar-refractivity contribution in [2.45, 2.75) is 26.9 Å². The van der Waals surface area contributed by atoms with E-state index in [1.165, 1.54) is 0 Å². The van der Waals surface area contributed by atoms with Crippen molar-refractivity contribution < 1.29 is 45.1 Å². The maximum atomic E-state index is 11.8. The van der Waals surface area contributed by atoms with E-state index < -0.39 is 23.2 Å². The summed E-state index contributed by atoms with van der Waals surface area (Å²) in [6.07, 6.45) is -4.94. The van der Waals surface area contributed by atoms with Gasteiger partial charge in [-0.2, -0.15) is 13.2 Å². The summed E-state index contributed by atoms with van der Waals surface area (Å²) in [6, 6.07) is 0. The molecule has 0 fully saturated rings. The molecule has 0 aliphatic carbocycles. The van der Waals surface area contributed by atoms with Crippen molar-refractivity contribution >= 4 is 11.6 Å². The van der Waals surface area contributed by atoms with Gasteiger partial charge in [0.1, 0.15) is 5.78 Å². The zero-order valence-corrected chi connectivity index (χ0v) is 9.42. The molecule has 0 N–H and O–H groups in total. The summed E-state index contributed by atoms with van der Waals surface area (Å²) in [5.41, 5.74) is -1.96. The molecule has 0 aromatic rings. The summed E-state index contributed by atoms with van der Waals surface area (Å²) >= 11 is 0. The van der Waals surface area contributed by atoms with Gasteiger partial charge in [-0.1, -0.05) is 0 Å². The fourth-order valence-electron chi connectivity index (χ4n) is 0.514. The minimum atomic E-state index is -4.94. The molecular formula is C7H9AuF3O2. The van der Waals surface area contributed by atoms with E-state index in [9.17, 15) is 22.8 Å². The monoisotopic (exact) mass is 379 g/mol. The van der Waals surface area contributed by atoms with Gasteiger partial charge in [0.05, 0.1) is 5.41 Å². The first kappa shape index (κ1) is 15.3. The van der Waals surface area contributed by atoms with Gasteiger partial charge in [-0.15, -0.1) is 0 Å². The summed E-state index contributed by atoms with van der Waals surface area (Å²) in [5.74, 6) is -2.78. The van der Waals surface area contributed by atoms with Crippen LogP contribution in [0.25, 0.3) is 0 Å². The number of halogens is 3. The zero-order valence-electron chi connectivity index (χ0n) is 7.25. The Bertz CT molecular complexity index is 220. The Hall–Kier alpha value is -0.130. The van der Waals surface area contributed by atoms with Gasteiger partial charge in [-0.05, 0) is 20.8 Å². The van der Waals surface area contributed by atoms with Gasteiger partial charge in [0.25, 0.3) is 0 Å². The average molecular weight is 379 g/mol. The van der Waals surface area contributed by atoms with Gasteiger partial charge in [-0.3, -0.25) is 9.59 Å². The van der Waals surface area contributed by atoms with Crippen molar-refractivity contribution in [2.75, 3.05) is 0 Å². The topological polar surface area (TPSA) is 34.1 Å². The number of Topliss-reactive ketones (excluding diaryl/α,β-unsaturated/α-hetero) is 2. The van der Waals surface area contributed by atoms with Crippen LogP contribution in [0.15, 0.2) is 0 Å². The van der Waals surface area contributed by atoms with Gasteiger partial charge in [0.2, 0.25) is 5.78 Å². The van der Waals surface area contributed by atoms with E-state index >= 15 is 0 Å². The number of carbonyl (C=O) groups is 2. The molecule has 0 aliphatic heterocycles. The first-order valence-electron chi connectivity index (χ1n) is 3.23. The minimum absolute atomic E-state index is 0. The van der Waals surface area contributed by atoms with Crippen molar-refractivity contribution in [1.29, 1.82) is 0 Å². The SMILES string of the molecule is CC(=O)C(C)(C)C(=O)C(F)(F)F.[Au]. The second kappa shape index (κ2) is 4.39. The van der Waals surface area contributed by atoms with Crippen molar-refractivity contribution in [3.63, 3.8) is 0 Å². The maximum absolute atomic E-state index is 11.8. The summed E-state index contributed by atoms with van der Waals surface area (Å²) in [6.45, 7) is 2.89. The Morgan fingerprint density at radius 3 is 1.46 bits per heavy atom. The third kappa shape index (κ3) is 3.62. The van der Waals surface area contributed by atoms with Crippen LogP contribution < -0.4 is 0 Å². The van der Waals surface area contributed by atoms with Gasteiger partial charge in [0.15, 0.2) is 0 Å². The predicted octanol–water partition coefficient (Wildman–Crippen LogP) is 1.73. The normalized spacial score (nSPS) is 11.8. The van der Waals surface area contributed by atoms with E-state index in [2.05, 4.69) is 0 Å². The molecule has 2 nitrogen and oxygen atoms in total. The summed E-state index contributed by atoms with van der Waals surface area (Å²) in [5, 5.41) is 0. The van der Waals surface area contributed by atoms with Gasteiger partial charge < -0.3 is 0 Å². The molecular weight excluding hydrogens is 370 g/mol. The molecule has 0 aromatic heterocycles. The number of ketones is 2. The van der Waals surface area contributed by atoms with Gasteiger partial charge >= 0.3 is 6.18 Å². The molecule has 0 amide bonds. The van der Waals surface area contributed by atoms with Crippen LogP contribution in [0, 0.1) is 5.41 Å². The molecule has 0 bridgehead atoms. The summed E-state index contributed by atoms with van der Waals surface area (Å²) in [4.78, 5) is 21.2. The molecule has 0 aliphatic rings. The Morgan fingerprint density at radius 2 is 1.38 bits per heavy atom. The standard InChI is InChI=1S/C7H9F3O2.Au/c1-4(11)6(2,3)5(12)7(8,9)10;/h1-3H3;. The number of hydrogen-bond acceptors (Lipinski definition) is 2. The smallest absolute Gasteiger partial charge is 0.299 e. The number of hydrogen-bond donors (Lipinski definition) is 0. The van der Waals surface area contributed by atoms with Crippen LogP contribution in [-0.2, 0) is 32.0 Å². The molecule has 0 saturated carbocycles. The molecule has 6 heteroatoms. The van der Waals surface area contributed by atoms with Crippen molar-refractivity contribution in [3.8, 4) is 0 Å². The summed E-state index contributed by atoms with van der Waals surface area (Å²) in [7, 11) is 0. The van der Waals surface area contributed by atoms with Crippen LogP contribution in [0.4, 0.5) is 13.2 Å². The Balaban J connectivity index is 0. The molecule has 0 unspecified atom stereocenters. The van der Waals surface area contributed by atoms with Crippen molar-refractivity contribution in [1.82, 2.24) is 0 Å². The third-order valence-corrected chi connectivity index (χ3v) is 1.71. The largest absolute Gasteiger partial charge is 0.451 e. The van der Waals surface area contributed by atoms with Crippen LogP contribution in [0.2, 0.25) is 0 Å². The molecule has 0 spiro atoms. The Kier molecular flexibility index (Phi) is 5.19. The molecule has 81 valence electrons. The zero-order chi connectivity index (χ0) is 10.2. The van der Waals surface area contributed by atoms with E-state index in [0.29, 0.717) is 0 Å². The predicted molar refractivity (Wildman–Crippen MR) is 35.5 cm³/mol. The van der Waals surface area contributed by atoms with Crippen LogP contribution in [0.1, 0.15) is 20.8 Å². The molecule has 0 atom stereocenters. The number of carbonyl (C=O) groups excluding carboxylic acids is 2. The van der Waals surface area contributed by atoms with E-state index in [1.807, 2.05) is 0 Å². The molecule has 0 saturated heterocycles. The first-order valence-corrected chi connectivity index (χ1v) is 3.23. The van der Waals surface area contributed by atoms with E-state index in [4.69, 9.17) is 0 Å². The molecule has 0 heterocycles. The third-order valence-electron chi connectivity index (χ3n) is 1.71. The fraction of sp³-hybridized carbons (Fsp3) is 0.714. The molecule has 1 radical (unpaired) electrons. The Labute approximate surface area is 89.4 Å². The van der Waals surface area contributed by atoms with Crippen LogP contribution in [0.3, 0.4) is 0 Å². The number of rotatable bonds is 2. The Morgan fingerprint density at radius 1 is 1.08 bits per heavy atom. The first-order chi connectivity index (χ1) is 5.10. The number of alkyl halides is 3. The average Bonchev–Trinajstić information content (AvgIpc) is 1.83. The second-order valence-corrected chi connectivity index (χ2v) is 3.01. The van der Waals surface area contributed by atoms with E-state index in [0.717, 1.165) is 20.8 Å². The van der Waals surface area contributed by atoms with Crippen LogP contribution in [-0.4, -0.2) is 17.7 Å². The molecule has 0 rings (SSSR count). The fourth-order valence-corrected chi connectivity index (χ4v) is 0.514. The quantitative estimate of drug-likeness (QED) is 0.541. The second-order valence-electron chi connectivity index (χ2n) is 3.01. The van der Waals surface area contributed by atoms with Crippen molar-refractivity contribution in [3.05, 3.63) is 0 Å². The molecule has 13 heavy (non-hydrogen) atoms. The van der Waals surface area contributed by atoms with Gasteiger partial charge in [0, 0.05) is 22.4 Å². The van der Waals surface area contributed by atoms with Crippen molar-refractivity contribution in [2.24, 2.45) is 5.41 Å². The van der Waals surface area contributed by atoms with Crippen LogP contribution >= 0.6 is 0 Å². The van der Waals surface area contributed by atoms with E-state index in [1.54, 1.807) is 0 Å². The maximum Gasteiger partial charge on any atom is 0.451 e. The van der Waals surface area contributed by atoms with E-state index in [-0.39, 0.29) is 22.4 Å². The van der Waals surface area contributed by atoms with Gasteiger partial charge in [-0.25, -0.2) is 0 Å². The minimum Gasteiger partial charge on any atom is -0.299 e. The molecule has 0 aromatic carbocycles. The summed E-state index contributed by atoms with van der Waals surface area (Å²) < 4.78 is 35.4. The van der Waals surface area contributed by atoms with Crippen LogP contribution in [0.5, 0.6) is 0 Å².